The maximum absolute atomic E-state index is 5.45. The molecule has 1 rings (SSSR count). The Balaban J connectivity index is 2.86. The first-order valence-corrected chi connectivity index (χ1v) is 4.11. The van der Waals surface area contributed by atoms with Crippen molar-refractivity contribution in [1.82, 2.24) is 0 Å². The molecule has 0 aliphatic carbocycles. The zero-order chi connectivity index (χ0) is 8.97. The maximum atomic E-state index is 5.45. The Bertz CT molecular complexity index is 258. The maximum Gasteiger partial charge on any atom is 0.121 e. The Morgan fingerprint density at radius 3 is 2.67 bits per heavy atom. The van der Waals surface area contributed by atoms with Gasteiger partial charge in [0.15, 0.2) is 0 Å². The Labute approximate surface area is 73.3 Å². The van der Waals surface area contributed by atoms with E-state index < -0.39 is 0 Å². The summed E-state index contributed by atoms with van der Waals surface area (Å²) in [7, 11) is 1.69. The van der Waals surface area contributed by atoms with Crippen LogP contribution in [0.25, 0.3) is 0 Å². The Hall–Kier alpha value is -1.02. The van der Waals surface area contributed by atoms with Crippen LogP contribution in [0.5, 0.6) is 5.75 Å². The van der Waals surface area contributed by atoms with Crippen molar-refractivity contribution in [2.24, 2.45) is 5.73 Å². The third-order valence-corrected chi connectivity index (χ3v) is 1.89. The highest BCUT2D eigenvalue weighted by molar-refractivity contribution is 5.36. The lowest BCUT2D eigenvalue weighted by atomic mass is 10.1. The standard InChI is InChI=1S/C10H15NO/c1-8-7-9(5-6-11)3-4-10(8)12-2/h3-4,7H,5-6,11H2,1-2H3. The molecule has 0 radical (unpaired) electrons. The molecule has 0 spiro atoms. The summed E-state index contributed by atoms with van der Waals surface area (Å²) in [5.74, 6) is 0.941. The summed E-state index contributed by atoms with van der Waals surface area (Å²) < 4.78 is 5.15. The molecule has 12 heavy (non-hydrogen) atoms. The van der Waals surface area contributed by atoms with Gasteiger partial charge >= 0.3 is 0 Å². The summed E-state index contributed by atoms with van der Waals surface area (Å²) in [6, 6.07) is 6.16. The molecule has 0 bridgehead atoms. The van der Waals surface area contributed by atoms with Gasteiger partial charge in [-0.3, -0.25) is 0 Å². The van der Waals surface area contributed by atoms with E-state index >= 15 is 0 Å². The summed E-state index contributed by atoms with van der Waals surface area (Å²) in [6.07, 6.45) is 0.935. The average Bonchev–Trinajstić information content (AvgIpc) is 2.05. The largest absolute Gasteiger partial charge is 0.496 e. The van der Waals surface area contributed by atoms with Crippen molar-refractivity contribution in [2.75, 3.05) is 13.7 Å². The Morgan fingerprint density at radius 2 is 2.17 bits per heavy atom. The van der Waals surface area contributed by atoms with Crippen molar-refractivity contribution in [3.63, 3.8) is 0 Å². The lowest BCUT2D eigenvalue weighted by Gasteiger charge is -2.05. The average molecular weight is 165 g/mol. The molecule has 0 unspecified atom stereocenters. The summed E-state index contributed by atoms with van der Waals surface area (Å²) in [5, 5.41) is 0. The highest BCUT2D eigenvalue weighted by atomic mass is 16.5. The number of nitrogens with two attached hydrogens (primary N) is 1. The third-order valence-electron chi connectivity index (χ3n) is 1.89. The highest BCUT2D eigenvalue weighted by Crippen LogP contribution is 2.18. The topological polar surface area (TPSA) is 35.2 Å². The van der Waals surface area contributed by atoms with Gasteiger partial charge in [-0.2, -0.15) is 0 Å². The van der Waals surface area contributed by atoms with Gasteiger partial charge in [0, 0.05) is 0 Å². The second kappa shape index (κ2) is 4.12. The molecule has 0 saturated carbocycles. The molecule has 0 fully saturated rings. The fourth-order valence-electron chi connectivity index (χ4n) is 1.26. The van der Waals surface area contributed by atoms with E-state index in [9.17, 15) is 0 Å². The van der Waals surface area contributed by atoms with E-state index in [1.54, 1.807) is 7.11 Å². The number of rotatable bonds is 3. The monoisotopic (exact) mass is 165 g/mol. The van der Waals surface area contributed by atoms with Crippen LogP contribution in [0.3, 0.4) is 0 Å². The number of ether oxygens (including phenoxy) is 1. The summed E-state index contributed by atoms with van der Waals surface area (Å²) >= 11 is 0. The number of methoxy groups -OCH3 is 1. The van der Waals surface area contributed by atoms with Crippen LogP contribution in [0.4, 0.5) is 0 Å². The summed E-state index contributed by atoms with van der Waals surface area (Å²) in [4.78, 5) is 0. The molecule has 66 valence electrons. The third kappa shape index (κ3) is 1.98. The molecule has 0 saturated heterocycles. The number of benzene rings is 1. The molecule has 2 N–H and O–H groups in total. The van der Waals surface area contributed by atoms with Crippen LogP contribution in [0, 0.1) is 6.92 Å². The van der Waals surface area contributed by atoms with Crippen LogP contribution in [0.15, 0.2) is 18.2 Å². The molecule has 0 aromatic heterocycles. The molecule has 1 aromatic carbocycles. The molecule has 0 aliphatic heterocycles. The first-order chi connectivity index (χ1) is 5.77. The second-order valence-electron chi connectivity index (χ2n) is 2.84. The van der Waals surface area contributed by atoms with E-state index in [1.165, 1.54) is 11.1 Å². The highest BCUT2D eigenvalue weighted by Gasteiger charge is 1.98. The van der Waals surface area contributed by atoms with E-state index in [0.29, 0.717) is 6.54 Å². The van der Waals surface area contributed by atoms with Gasteiger partial charge in [0.2, 0.25) is 0 Å². The lowest BCUT2D eigenvalue weighted by Crippen LogP contribution is -2.02. The van der Waals surface area contributed by atoms with Crippen molar-refractivity contribution in [3.8, 4) is 5.75 Å². The minimum absolute atomic E-state index is 0.700. The van der Waals surface area contributed by atoms with E-state index in [0.717, 1.165) is 12.2 Å². The van der Waals surface area contributed by atoms with Gasteiger partial charge in [0.25, 0.3) is 0 Å². The van der Waals surface area contributed by atoms with Crippen LogP contribution in [-0.4, -0.2) is 13.7 Å². The van der Waals surface area contributed by atoms with Crippen molar-refractivity contribution < 1.29 is 4.74 Å². The van der Waals surface area contributed by atoms with Crippen molar-refractivity contribution in [2.45, 2.75) is 13.3 Å². The van der Waals surface area contributed by atoms with E-state index in [-0.39, 0.29) is 0 Å². The smallest absolute Gasteiger partial charge is 0.121 e. The summed E-state index contributed by atoms with van der Waals surface area (Å²) in [5.41, 5.74) is 7.89. The number of aryl methyl sites for hydroxylation is 1. The van der Waals surface area contributed by atoms with Gasteiger partial charge in [0.05, 0.1) is 7.11 Å². The SMILES string of the molecule is COc1ccc(CCN)cc1C. The fourth-order valence-corrected chi connectivity index (χ4v) is 1.26. The van der Waals surface area contributed by atoms with Gasteiger partial charge in [0.1, 0.15) is 5.75 Å². The van der Waals surface area contributed by atoms with Crippen LogP contribution >= 0.6 is 0 Å². The normalized spacial score (nSPS) is 9.92. The van der Waals surface area contributed by atoms with Crippen molar-refractivity contribution in [1.29, 1.82) is 0 Å². The minimum atomic E-state index is 0.700. The molecular formula is C10H15NO. The molecule has 1 aromatic rings. The van der Waals surface area contributed by atoms with Gasteiger partial charge in [-0.25, -0.2) is 0 Å². The first-order valence-electron chi connectivity index (χ1n) is 4.11. The first kappa shape index (κ1) is 9.07. The van der Waals surface area contributed by atoms with Crippen LogP contribution in [0.2, 0.25) is 0 Å². The summed E-state index contributed by atoms with van der Waals surface area (Å²) in [6.45, 7) is 2.74. The number of hydrogen-bond donors (Lipinski definition) is 1. The van der Waals surface area contributed by atoms with Crippen molar-refractivity contribution >= 4 is 0 Å². The van der Waals surface area contributed by atoms with Crippen LogP contribution in [0.1, 0.15) is 11.1 Å². The minimum Gasteiger partial charge on any atom is -0.496 e. The Kier molecular flexibility index (Phi) is 3.11. The van der Waals surface area contributed by atoms with Crippen molar-refractivity contribution in [3.05, 3.63) is 29.3 Å². The Morgan fingerprint density at radius 1 is 1.42 bits per heavy atom. The zero-order valence-electron chi connectivity index (χ0n) is 7.63. The predicted molar refractivity (Wildman–Crippen MR) is 50.5 cm³/mol. The molecular weight excluding hydrogens is 150 g/mol. The van der Waals surface area contributed by atoms with Gasteiger partial charge in [-0.1, -0.05) is 12.1 Å². The molecule has 2 nitrogen and oxygen atoms in total. The molecule has 0 aliphatic rings. The fraction of sp³-hybridized carbons (Fsp3) is 0.400. The van der Waals surface area contributed by atoms with Crippen LogP contribution < -0.4 is 10.5 Å². The zero-order valence-corrected chi connectivity index (χ0v) is 7.63. The molecule has 2 heteroatoms. The molecule has 0 heterocycles. The van der Waals surface area contributed by atoms with E-state index in [4.69, 9.17) is 10.5 Å². The van der Waals surface area contributed by atoms with E-state index in [1.807, 2.05) is 13.0 Å². The molecule has 0 atom stereocenters. The lowest BCUT2D eigenvalue weighted by molar-refractivity contribution is 0.411. The van der Waals surface area contributed by atoms with Crippen LogP contribution in [-0.2, 0) is 6.42 Å². The second-order valence-corrected chi connectivity index (χ2v) is 2.84. The number of hydrogen-bond acceptors (Lipinski definition) is 2. The van der Waals surface area contributed by atoms with Gasteiger partial charge < -0.3 is 10.5 Å². The molecule has 0 amide bonds. The van der Waals surface area contributed by atoms with E-state index in [2.05, 4.69) is 12.1 Å². The predicted octanol–water partition coefficient (Wildman–Crippen LogP) is 1.50. The quantitative estimate of drug-likeness (QED) is 0.736. The van der Waals surface area contributed by atoms with Gasteiger partial charge in [-0.15, -0.1) is 0 Å². The van der Waals surface area contributed by atoms with Gasteiger partial charge in [-0.05, 0) is 37.1 Å².